The molecule has 1 nitrogen and oxygen atoms in total. The third-order valence-electron chi connectivity index (χ3n) is 3.44. The second-order valence-electron chi connectivity index (χ2n) is 4.70. The molecule has 0 fully saturated rings. The molecule has 98 valence electrons. The lowest BCUT2D eigenvalue weighted by Gasteiger charge is -2.17. The zero-order valence-corrected chi connectivity index (χ0v) is 12.4. The summed E-state index contributed by atoms with van der Waals surface area (Å²) in [4.78, 5) is 0. The van der Waals surface area contributed by atoms with Crippen LogP contribution in [0.15, 0.2) is 40.9 Å². The van der Waals surface area contributed by atoms with E-state index in [1.165, 1.54) is 23.3 Å². The van der Waals surface area contributed by atoms with Gasteiger partial charge in [0.1, 0.15) is 5.82 Å². The maximum atomic E-state index is 13.1. The number of hydrogen-bond donors (Lipinski definition) is 1. The van der Waals surface area contributed by atoms with Crippen LogP contribution in [0.5, 0.6) is 0 Å². The highest BCUT2D eigenvalue weighted by Gasteiger charge is 2.22. The minimum atomic E-state index is -0.240. The predicted molar refractivity (Wildman–Crippen MR) is 80.2 cm³/mol. The first-order chi connectivity index (χ1) is 9.13. The maximum Gasteiger partial charge on any atom is 0.124 e. The fraction of sp³-hybridized carbons (Fsp3) is 0.200. The molecule has 1 unspecified atom stereocenters. The van der Waals surface area contributed by atoms with Crippen LogP contribution in [0.3, 0.4) is 0 Å². The Bertz CT molecular complexity index is 630. The molecule has 2 aromatic rings. The van der Waals surface area contributed by atoms with Crippen molar-refractivity contribution < 1.29 is 4.39 Å². The molecule has 0 aliphatic heterocycles. The molecule has 1 aliphatic carbocycles. The molecule has 1 aliphatic rings. The molecular formula is C15H12BrClFN. The molecule has 0 heterocycles. The number of aryl methyl sites for hydroxylation is 1. The van der Waals surface area contributed by atoms with Crippen LogP contribution >= 0.6 is 27.5 Å². The Morgan fingerprint density at radius 3 is 2.84 bits per heavy atom. The molecule has 0 saturated heterocycles. The summed E-state index contributed by atoms with van der Waals surface area (Å²) in [5, 5.41) is 4.24. The van der Waals surface area contributed by atoms with Crippen LogP contribution in [0, 0.1) is 5.82 Å². The number of fused-ring (bicyclic) bond motifs is 1. The van der Waals surface area contributed by atoms with E-state index in [-0.39, 0.29) is 11.9 Å². The smallest absolute Gasteiger partial charge is 0.124 e. The van der Waals surface area contributed by atoms with Crippen LogP contribution in [0.4, 0.5) is 10.1 Å². The molecule has 19 heavy (non-hydrogen) atoms. The van der Waals surface area contributed by atoms with E-state index in [9.17, 15) is 4.39 Å². The van der Waals surface area contributed by atoms with Gasteiger partial charge in [0.25, 0.3) is 0 Å². The third kappa shape index (κ3) is 2.63. The first-order valence-corrected chi connectivity index (χ1v) is 7.30. The van der Waals surface area contributed by atoms with Crippen LogP contribution in [0.1, 0.15) is 23.6 Å². The summed E-state index contributed by atoms with van der Waals surface area (Å²) in [6, 6.07) is 11.0. The van der Waals surface area contributed by atoms with Crippen molar-refractivity contribution in [1.29, 1.82) is 0 Å². The van der Waals surface area contributed by atoms with Gasteiger partial charge in [-0.15, -0.1) is 0 Å². The standard InChI is InChI=1S/C15H12BrClFN/c16-13-8-11(18)3-6-15(13)19-14-5-1-9-7-10(17)2-4-12(9)14/h2-4,6-8,14,19H,1,5H2. The summed E-state index contributed by atoms with van der Waals surface area (Å²) in [5.74, 6) is -0.240. The van der Waals surface area contributed by atoms with Gasteiger partial charge in [-0.3, -0.25) is 0 Å². The molecule has 0 radical (unpaired) electrons. The van der Waals surface area contributed by atoms with Crippen LogP contribution in [-0.2, 0) is 6.42 Å². The van der Waals surface area contributed by atoms with Gasteiger partial charge < -0.3 is 5.32 Å². The molecule has 0 amide bonds. The van der Waals surface area contributed by atoms with E-state index < -0.39 is 0 Å². The zero-order valence-electron chi connectivity index (χ0n) is 10.1. The topological polar surface area (TPSA) is 12.0 Å². The van der Waals surface area contributed by atoms with Crippen molar-refractivity contribution in [3.8, 4) is 0 Å². The largest absolute Gasteiger partial charge is 0.377 e. The van der Waals surface area contributed by atoms with Crippen molar-refractivity contribution in [3.05, 3.63) is 62.8 Å². The van der Waals surface area contributed by atoms with E-state index in [1.54, 1.807) is 6.07 Å². The van der Waals surface area contributed by atoms with Crippen molar-refractivity contribution >= 4 is 33.2 Å². The van der Waals surface area contributed by atoms with Crippen LogP contribution in [0.2, 0.25) is 5.02 Å². The lowest BCUT2D eigenvalue weighted by Crippen LogP contribution is -2.07. The SMILES string of the molecule is Fc1ccc(NC2CCc3cc(Cl)ccc32)c(Br)c1. The number of anilines is 1. The van der Waals surface area contributed by atoms with Crippen molar-refractivity contribution in [3.63, 3.8) is 0 Å². The zero-order chi connectivity index (χ0) is 13.4. The second kappa shape index (κ2) is 5.14. The summed E-state index contributed by atoms with van der Waals surface area (Å²) >= 11 is 9.39. The Labute approximate surface area is 124 Å². The Balaban J connectivity index is 1.86. The summed E-state index contributed by atoms with van der Waals surface area (Å²) < 4.78 is 13.8. The summed E-state index contributed by atoms with van der Waals surface area (Å²) in [6.07, 6.45) is 2.05. The molecule has 4 heteroatoms. The number of hydrogen-bond acceptors (Lipinski definition) is 1. The van der Waals surface area contributed by atoms with E-state index in [0.29, 0.717) is 0 Å². The van der Waals surface area contributed by atoms with Gasteiger partial charge >= 0.3 is 0 Å². The van der Waals surface area contributed by atoms with E-state index in [2.05, 4.69) is 27.3 Å². The summed E-state index contributed by atoms with van der Waals surface area (Å²) in [7, 11) is 0. The highest BCUT2D eigenvalue weighted by Crippen LogP contribution is 2.36. The first kappa shape index (κ1) is 12.9. The van der Waals surface area contributed by atoms with E-state index in [0.717, 1.165) is 28.0 Å². The summed E-state index contributed by atoms with van der Waals surface area (Å²) in [6.45, 7) is 0. The number of benzene rings is 2. The minimum absolute atomic E-state index is 0.240. The minimum Gasteiger partial charge on any atom is -0.377 e. The van der Waals surface area contributed by atoms with Gasteiger partial charge in [-0.05, 0) is 70.2 Å². The maximum absolute atomic E-state index is 13.1. The third-order valence-corrected chi connectivity index (χ3v) is 4.33. The molecule has 3 rings (SSSR count). The molecule has 0 bridgehead atoms. The number of rotatable bonds is 2. The van der Waals surface area contributed by atoms with Crippen molar-refractivity contribution in [2.24, 2.45) is 0 Å². The van der Waals surface area contributed by atoms with Gasteiger partial charge in [0.05, 0.1) is 6.04 Å². The van der Waals surface area contributed by atoms with Crippen molar-refractivity contribution in [2.75, 3.05) is 5.32 Å². The molecule has 1 N–H and O–H groups in total. The van der Waals surface area contributed by atoms with Gasteiger partial charge in [0, 0.05) is 15.2 Å². The molecular weight excluding hydrogens is 329 g/mol. The van der Waals surface area contributed by atoms with Crippen LogP contribution in [0.25, 0.3) is 0 Å². The van der Waals surface area contributed by atoms with Gasteiger partial charge in [-0.25, -0.2) is 4.39 Å². The Morgan fingerprint density at radius 1 is 1.21 bits per heavy atom. The molecule has 1 atom stereocenters. The van der Waals surface area contributed by atoms with Gasteiger partial charge in [0.15, 0.2) is 0 Å². The normalized spacial score (nSPS) is 17.3. The Kier molecular flexibility index (Phi) is 3.50. The molecule has 2 aromatic carbocycles. The quantitative estimate of drug-likeness (QED) is 0.778. The van der Waals surface area contributed by atoms with E-state index in [4.69, 9.17) is 11.6 Å². The highest BCUT2D eigenvalue weighted by atomic mass is 79.9. The van der Waals surface area contributed by atoms with Gasteiger partial charge in [-0.1, -0.05) is 17.7 Å². The van der Waals surface area contributed by atoms with Crippen LogP contribution in [-0.4, -0.2) is 0 Å². The predicted octanol–water partition coefficient (Wildman–Crippen LogP) is 5.34. The fourth-order valence-corrected chi connectivity index (χ4v) is 3.19. The molecule has 0 spiro atoms. The average Bonchev–Trinajstić information content (AvgIpc) is 2.75. The van der Waals surface area contributed by atoms with Crippen molar-refractivity contribution in [1.82, 2.24) is 0 Å². The second-order valence-corrected chi connectivity index (χ2v) is 5.99. The van der Waals surface area contributed by atoms with Crippen LogP contribution < -0.4 is 5.32 Å². The van der Waals surface area contributed by atoms with Crippen molar-refractivity contribution in [2.45, 2.75) is 18.9 Å². The fourth-order valence-electron chi connectivity index (χ4n) is 2.53. The molecule has 0 aromatic heterocycles. The highest BCUT2D eigenvalue weighted by molar-refractivity contribution is 9.10. The number of nitrogens with one attached hydrogen (secondary N) is 1. The molecule has 0 saturated carbocycles. The van der Waals surface area contributed by atoms with Gasteiger partial charge in [0.2, 0.25) is 0 Å². The van der Waals surface area contributed by atoms with Gasteiger partial charge in [-0.2, -0.15) is 0 Å². The summed E-state index contributed by atoms with van der Waals surface area (Å²) in [5.41, 5.74) is 3.48. The lowest BCUT2D eigenvalue weighted by molar-refractivity contribution is 0.627. The lowest BCUT2D eigenvalue weighted by atomic mass is 10.1. The van der Waals surface area contributed by atoms with E-state index in [1.807, 2.05) is 12.1 Å². The first-order valence-electron chi connectivity index (χ1n) is 6.13. The Morgan fingerprint density at radius 2 is 2.05 bits per heavy atom. The monoisotopic (exact) mass is 339 g/mol. The Hall–Kier alpha value is -1.06. The number of halogens is 3. The average molecular weight is 341 g/mol. The van der Waals surface area contributed by atoms with E-state index >= 15 is 0 Å².